The van der Waals surface area contributed by atoms with Crippen LogP contribution in [0.15, 0.2) is 78.9 Å². The van der Waals surface area contributed by atoms with E-state index in [9.17, 15) is 0 Å². The van der Waals surface area contributed by atoms with E-state index >= 15 is 0 Å². The molecule has 0 N–H and O–H groups in total. The average Bonchev–Trinajstić information content (AvgIpc) is 2.57. The topological polar surface area (TPSA) is 0 Å². The van der Waals surface area contributed by atoms with Crippen LogP contribution in [0.3, 0.4) is 0 Å². The van der Waals surface area contributed by atoms with E-state index in [1.807, 2.05) is 0 Å². The van der Waals surface area contributed by atoms with E-state index in [-0.39, 0.29) is 0 Å². The summed E-state index contributed by atoms with van der Waals surface area (Å²) in [6.07, 6.45) is 0.978. The summed E-state index contributed by atoms with van der Waals surface area (Å²) in [7, 11) is 2.13. The van der Waals surface area contributed by atoms with Crippen LogP contribution >= 0.6 is 0 Å². The number of benzene rings is 4. The van der Waals surface area contributed by atoms with Crippen molar-refractivity contribution in [3.8, 4) is 0 Å². The lowest BCUT2D eigenvalue weighted by Crippen LogP contribution is -2.01. The van der Waals surface area contributed by atoms with Gasteiger partial charge in [0.15, 0.2) is 0 Å². The van der Waals surface area contributed by atoms with E-state index in [2.05, 4.69) is 86.7 Å². The van der Waals surface area contributed by atoms with Gasteiger partial charge in [0.25, 0.3) is 0 Å². The first kappa shape index (κ1) is 13.2. The molecule has 0 saturated heterocycles. The summed E-state index contributed by atoms with van der Waals surface area (Å²) in [5, 5.41) is 5.37. The fraction of sp³-hybridized carbons (Fsp3) is 0.0476. The van der Waals surface area contributed by atoms with Crippen LogP contribution in [0.4, 0.5) is 0 Å². The molecule has 0 amide bonds. The van der Waals surface area contributed by atoms with Crippen molar-refractivity contribution in [3.63, 3.8) is 0 Å². The van der Waals surface area contributed by atoms with E-state index < -0.39 is 0 Å². The van der Waals surface area contributed by atoms with Gasteiger partial charge in [-0.05, 0) is 39.1 Å². The van der Waals surface area contributed by atoms with Crippen LogP contribution in [0.2, 0.25) is 0 Å². The molecule has 0 spiro atoms. The molecule has 0 radical (unpaired) electrons. The molecule has 4 rings (SSSR count). The first-order chi connectivity index (χ1) is 10.8. The summed E-state index contributed by atoms with van der Waals surface area (Å²) in [6, 6.07) is 28.6. The third kappa shape index (κ3) is 2.29. The Kier molecular flexibility index (Phi) is 3.19. The molecule has 0 aromatic heterocycles. The maximum atomic E-state index is 2.34. The van der Waals surface area contributed by atoms with Crippen molar-refractivity contribution in [3.05, 3.63) is 90.0 Å². The summed E-state index contributed by atoms with van der Waals surface area (Å²) in [5.74, 6) is 0. The summed E-state index contributed by atoms with van der Waals surface area (Å²) < 4.78 is 0. The Morgan fingerprint density at radius 3 is 2.05 bits per heavy atom. The van der Waals surface area contributed by atoms with Crippen molar-refractivity contribution in [1.82, 2.24) is 0 Å². The third-order valence-corrected chi connectivity index (χ3v) is 4.37. The van der Waals surface area contributed by atoms with E-state index in [0.717, 1.165) is 6.42 Å². The fourth-order valence-corrected chi connectivity index (χ4v) is 3.20. The van der Waals surface area contributed by atoms with Crippen molar-refractivity contribution < 1.29 is 0 Å². The Balaban J connectivity index is 1.93. The highest BCUT2D eigenvalue weighted by Gasteiger charge is 2.06. The van der Waals surface area contributed by atoms with Gasteiger partial charge in [-0.3, -0.25) is 0 Å². The molecule has 0 fully saturated rings. The molecule has 1 heteroatoms. The number of hydrogen-bond donors (Lipinski definition) is 0. The maximum Gasteiger partial charge on any atom is 0.139 e. The molecule has 0 saturated carbocycles. The van der Waals surface area contributed by atoms with E-state index in [4.69, 9.17) is 0 Å². The zero-order valence-electron chi connectivity index (χ0n) is 12.7. The van der Waals surface area contributed by atoms with Gasteiger partial charge in [0, 0.05) is 0 Å². The summed E-state index contributed by atoms with van der Waals surface area (Å²) in [6.45, 7) is 0. The molecule has 4 aromatic rings. The van der Waals surface area contributed by atoms with Crippen LogP contribution in [0.5, 0.6) is 0 Å². The van der Waals surface area contributed by atoms with Gasteiger partial charge in [-0.1, -0.05) is 84.3 Å². The Bertz CT molecular complexity index is 952. The Morgan fingerprint density at radius 1 is 0.636 bits per heavy atom. The predicted molar refractivity (Wildman–Crippen MR) is 98.9 cm³/mol. The Morgan fingerprint density at radius 2 is 1.27 bits per heavy atom. The minimum absolute atomic E-state index is 0.978. The summed E-state index contributed by atoms with van der Waals surface area (Å²) >= 11 is 0. The van der Waals surface area contributed by atoms with Gasteiger partial charge in [-0.25, -0.2) is 0 Å². The van der Waals surface area contributed by atoms with Crippen LogP contribution in [-0.4, -0.2) is 7.85 Å². The van der Waals surface area contributed by atoms with Gasteiger partial charge < -0.3 is 0 Å². The van der Waals surface area contributed by atoms with Gasteiger partial charge in [0.05, 0.1) is 0 Å². The average molecular weight is 280 g/mol. The van der Waals surface area contributed by atoms with Crippen LogP contribution in [0, 0.1) is 0 Å². The highest BCUT2D eigenvalue weighted by Crippen LogP contribution is 2.29. The molecule has 0 bridgehead atoms. The standard InChI is InChI=1S/C21H17B/c22-18-11-9-15(10-12-18)13-17-14-16-5-1-2-6-19(16)21-8-4-3-7-20(17)21/h1-12,14H,13,22H2. The highest BCUT2D eigenvalue weighted by molar-refractivity contribution is 6.32. The fourth-order valence-electron chi connectivity index (χ4n) is 3.20. The van der Waals surface area contributed by atoms with Crippen LogP contribution in [0.1, 0.15) is 11.1 Å². The lowest BCUT2D eigenvalue weighted by molar-refractivity contribution is 1.22. The van der Waals surface area contributed by atoms with Gasteiger partial charge in [0.1, 0.15) is 7.85 Å². The van der Waals surface area contributed by atoms with E-state index in [1.54, 1.807) is 0 Å². The van der Waals surface area contributed by atoms with Crippen molar-refractivity contribution >= 4 is 34.9 Å². The minimum Gasteiger partial charge on any atom is -0.0889 e. The lowest BCUT2D eigenvalue weighted by atomic mass is 9.91. The van der Waals surface area contributed by atoms with Gasteiger partial charge in [-0.15, -0.1) is 0 Å². The van der Waals surface area contributed by atoms with Crippen LogP contribution in [-0.2, 0) is 6.42 Å². The second-order valence-electron chi connectivity index (χ2n) is 5.96. The van der Waals surface area contributed by atoms with Gasteiger partial charge in [0.2, 0.25) is 0 Å². The van der Waals surface area contributed by atoms with Gasteiger partial charge >= 0.3 is 0 Å². The Hall–Kier alpha value is -2.54. The molecule has 0 unspecified atom stereocenters. The second-order valence-corrected chi connectivity index (χ2v) is 5.96. The van der Waals surface area contributed by atoms with Crippen molar-refractivity contribution in [2.75, 3.05) is 0 Å². The number of hydrogen-bond acceptors (Lipinski definition) is 0. The smallest absolute Gasteiger partial charge is 0.0889 e. The zero-order valence-corrected chi connectivity index (χ0v) is 12.7. The minimum atomic E-state index is 0.978. The Labute approximate surface area is 131 Å². The van der Waals surface area contributed by atoms with Crippen molar-refractivity contribution in [1.29, 1.82) is 0 Å². The second kappa shape index (κ2) is 5.34. The number of fused-ring (bicyclic) bond motifs is 3. The summed E-state index contributed by atoms with van der Waals surface area (Å²) in [5.41, 5.74) is 4.08. The first-order valence-corrected chi connectivity index (χ1v) is 7.76. The molecular formula is C21H17B. The van der Waals surface area contributed by atoms with Crippen LogP contribution < -0.4 is 5.46 Å². The van der Waals surface area contributed by atoms with E-state index in [0.29, 0.717) is 0 Å². The molecule has 0 aliphatic rings. The van der Waals surface area contributed by atoms with Gasteiger partial charge in [-0.2, -0.15) is 0 Å². The molecule has 0 heterocycles. The highest BCUT2D eigenvalue weighted by atomic mass is 14.1. The van der Waals surface area contributed by atoms with Crippen molar-refractivity contribution in [2.45, 2.75) is 6.42 Å². The maximum absolute atomic E-state index is 2.34. The molecule has 0 atom stereocenters. The molecule has 104 valence electrons. The quantitative estimate of drug-likeness (QED) is 0.386. The monoisotopic (exact) mass is 280 g/mol. The third-order valence-electron chi connectivity index (χ3n) is 4.37. The first-order valence-electron chi connectivity index (χ1n) is 7.76. The summed E-state index contributed by atoms with van der Waals surface area (Å²) in [4.78, 5) is 0. The van der Waals surface area contributed by atoms with Crippen molar-refractivity contribution in [2.24, 2.45) is 0 Å². The van der Waals surface area contributed by atoms with Crippen LogP contribution in [0.25, 0.3) is 21.5 Å². The SMILES string of the molecule is Bc1ccc(Cc2cc3ccccc3c3ccccc23)cc1. The molecule has 4 aromatic carbocycles. The largest absolute Gasteiger partial charge is 0.139 e. The predicted octanol–water partition coefficient (Wildman–Crippen LogP) is 3.84. The normalized spacial score (nSPS) is 11.1. The molecule has 22 heavy (non-hydrogen) atoms. The zero-order chi connectivity index (χ0) is 14.9. The lowest BCUT2D eigenvalue weighted by Gasteiger charge is -2.11. The molecule has 0 aliphatic heterocycles. The van der Waals surface area contributed by atoms with E-state index in [1.165, 1.54) is 38.1 Å². The molecular weight excluding hydrogens is 263 g/mol. The number of rotatable bonds is 2. The molecule has 0 nitrogen and oxygen atoms in total. The molecule has 0 aliphatic carbocycles.